The Morgan fingerprint density at radius 3 is 2.67 bits per heavy atom. The van der Waals surface area contributed by atoms with Crippen LogP contribution < -0.4 is 5.73 Å². The maximum absolute atomic E-state index is 5.89. The molecule has 3 aromatic rings. The summed E-state index contributed by atoms with van der Waals surface area (Å²) in [6.45, 7) is 3.90. The number of benzene rings is 1. The number of hydrogen-bond acceptors (Lipinski definition) is 4. The van der Waals surface area contributed by atoms with Crippen LogP contribution in [0, 0.1) is 13.8 Å². The molecule has 0 fully saturated rings. The highest BCUT2D eigenvalue weighted by Crippen LogP contribution is 2.26. The van der Waals surface area contributed by atoms with Crippen LogP contribution in [0.5, 0.6) is 0 Å². The van der Waals surface area contributed by atoms with Gasteiger partial charge < -0.3 is 10.2 Å². The first kappa shape index (κ1) is 10.8. The second kappa shape index (κ2) is 3.84. The van der Waals surface area contributed by atoms with Crippen LogP contribution in [0.2, 0.25) is 0 Å². The second-order valence-electron chi connectivity index (χ2n) is 4.36. The van der Waals surface area contributed by atoms with Gasteiger partial charge in [-0.2, -0.15) is 4.98 Å². The molecule has 0 aliphatic carbocycles. The van der Waals surface area contributed by atoms with Crippen molar-refractivity contribution in [3.05, 3.63) is 41.6 Å². The van der Waals surface area contributed by atoms with Crippen LogP contribution in [0.1, 0.15) is 11.3 Å². The van der Waals surface area contributed by atoms with E-state index >= 15 is 0 Å². The standard InChI is InChI=1S/C14H13N3O/c1-8-3-5-10(7-11(8)15)14-17-13-12(18-14)6-4-9(2)16-13/h3-7H,15H2,1-2H3. The molecule has 2 N–H and O–H groups in total. The van der Waals surface area contributed by atoms with E-state index in [0.29, 0.717) is 17.1 Å². The number of rotatable bonds is 1. The van der Waals surface area contributed by atoms with Gasteiger partial charge in [0.25, 0.3) is 0 Å². The summed E-state index contributed by atoms with van der Waals surface area (Å²) in [5.74, 6) is 0.551. The van der Waals surface area contributed by atoms with E-state index in [0.717, 1.165) is 22.5 Å². The molecule has 0 aliphatic rings. The van der Waals surface area contributed by atoms with Crippen molar-refractivity contribution in [2.45, 2.75) is 13.8 Å². The predicted molar refractivity (Wildman–Crippen MR) is 71.1 cm³/mol. The Balaban J connectivity index is 2.16. The molecule has 0 aliphatic heterocycles. The predicted octanol–water partition coefficient (Wildman–Crippen LogP) is 3.09. The average molecular weight is 239 g/mol. The number of fused-ring (bicyclic) bond motifs is 1. The highest BCUT2D eigenvalue weighted by Gasteiger charge is 2.10. The third-order valence-electron chi connectivity index (χ3n) is 2.92. The van der Waals surface area contributed by atoms with Gasteiger partial charge in [0.1, 0.15) is 0 Å². The molecular formula is C14H13N3O. The fourth-order valence-electron chi connectivity index (χ4n) is 1.81. The lowest BCUT2D eigenvalue weighted by molar-refractivity contribution is 0.619. The number of nitrogens with zero attached hydrogens (tertiary/aromatic N) is 2. The zero-order valence-corrected chi connectivity index (χ0v) is 10.3. The van der Waals surface area contributed by atoms with Crippen molar-refractivity contribution in [2.75, 3.05) is 5.73 Å². The molecule has 18 heavy (non-hydrogen) atoms. The molecule has 3 rings (SSSR count). The lowest BCUT2D eigenvalue weighted by Gasteiger charge is -2.00. The molecule has 4 nitrogen and oxygen atoms in total. The number of anilines is 1. The van der Waals surface area contributed by atoms with Gasteiger partial charge in [-0.25, -0.2) is 4.98 Å². The van der Waals surface area contributed by atoms with Crippen molar-refractivity contribution < 1.29 is 4.42 Å². The normalized spacial score (nSPS) is 11.0. The van der Waals surface area contributed by atoms with Gasteiger partial charge in [0, 0.05) is 16.9 Å². The number of nitrogens with two attached hydrogens (primary N) is 1. The van der Waals surface area contributed by atoms with Gasteiger partial charge >= 0.3 is 0 Å². The lowest BCUT2D eigenvalue weighted by Crippen LogP contribution is -1.89. The maximum Gasteiger partial charge on any atom is 0.228 e. The molecule has 1 aromatic carbocycles. The van der Waals surface area contributed by atoms with E-state index in [1.807, 2.05) is 44.2 Å². The molecule has 4 heteroatoms. The molecule has 0 spiro atoms. The van der Waals surface area contributed by atoms with Gasteiger partial charge in [-0.3, -0.25) is 0 Å². The van der Waals surface area contributed by atoms with Crippen molar-refractivity contribution >= 4 is 16.9 Å². The van der Waals surface area contributed by atoms with Crippen molar-refractivity contribution in [1.29, 1.82) is 0 Å². The molecule has 0 saturated carbocycles. The van der Waals surface area contributed by atoms with Gasteiger partial charge in [-0.1, -0.05) is 6.07 Å². The largest absolute Gasteiger partial charge is 0.434 e. The summed E-state index contributed by atoms with van der Waals surface area (Å²) >= 11 is 0. The molecule has 90 valence electrons. The van der Waals surface area contributed by atoms with Gasteiger partial charge in [-0.05, 0) is 43.7 Å². The molecule has 2 heterocycles. The number of nitrogen functional groups attached to an aromatic ring is 1. The zero-order valence-electron chi connectivity index (χ0n) is 10.3. The first-order valence-corrected chi connectivity index (χ1v) is 5.74. The van der Waals surface area contributed by atoms with Crippen LogP contribution in [-0.4, -0.2) is 9.97 Å². The average Bonchev–Trinajstić information content (AvgIpc) is 2.75. The van der Waals surface area contributed by atoms with Crippen molar-refractivity contribution in [3.63, 3.8) is 0 Å². The summed E-state index contributed by atoms with van der Waals surface area (Å²) in [7, 11) is 0. The van der Waals surface area contributed by atoms with E-state index in [-0.39, 0.29) is 0 Å². The Morgan fingerprint density at radius 1 is 1.06 bits per heavy atom. The van der Waals surface area contributed by atoms with Gasteiger partial charge in [0.2, 0.25) is 5.89 Å². The summed E-state index contributed by atoms with van der Waals surface area (Å²) in [4.78, 5) is 8.71. The van der Waals surface area contributed by atoms with Crippen LogP contribution in [-0.2, 0) is 0 Å². The van der Waals surface area contributed by atoms with E-state index in [2.05, 4.69) is 9.97 Å². The van der Waals surface area contributed by atoms with Crippen LogP contribution in [0.25, 0.3) is 22.7 Å². The number of hydrogen-bond donors (Lipinski definition) is 1. The van der Waals surface area contributed by atoms with E-state index in [1.54, 1.807) is 0 Å². The smallest absolute Gasteiger partial charge is 0.228 e. The summed E-state index contributed by atoms with van der Waals surface area (Å²) < 4.78 is 5.67. The first-order chi connectivity index (χ1) is 8.63. The Morgan fingerprint density at radius 2 is 1.89 bits per heavy atom. The number of aryl methyl sites for hydroxylation is 2. The van der Waals surface area contributed by atoms with Crippen molar-refractivity contribution in [3.8, 4) is 11.5 Å². The van der Waals surface area contributed by atoms with Crippen LogP contribution >= 0.6 is 0 Å². The quantitative estimate of drug-likeness (QED) is 0.663. The van der Waals surface area contributed by atoms with Crippen LogP contribution in [0.3, 0.4) is 0 Å². The molecule has 0 amide bonds. The monoisotopic (exact) mass is 239 g/mol. The molecule has 0 bridgehead atoms. The fourth-order valence-corrected chi connectivity index (χ4v) is 1.81. The highest BCUT2D eigenvalue weighted by molar-refractivity contribution is 5.73. The molecule has 0 unspecified atom stereocenters. The molecule has 2 aromatic heterocycles. The minimum atomic E-state index is 0.551. The highest BCUT2D eigenvalue weighted by atomic mass is 16.3. The van der Waals surface area contributed by atoms with E-state index in [1.165, 1.54) is 0 Å². The van der Waals surface area contributed by atoms with Gasteiger partial charge in [-0.15, -0.1) is 0 Å². The topological polar surface area (TPSA) is 64.9 Å². The first-order valence-electron chi connectivity index (χ1n) is 5.74. The fraction of sp³-hybridized carbons (Fsp3) is 0.143. The summed E-state index contributed by atoms with van der Waals surface area (Å²) in [5, 5.41) is 0. The lowest BCUT2D eigenvalue weighted by atomic mass is 10.1. The van der Waals surface area contributed by atoms with Crippen molar-refractivity contribution in [2.24, 2.45) is 0 Å². The Labute approximate surface area is 104 Å². The molecule has 0 radical (unpaired) electrons. The second-order valence-corrected chi connectivity index (χ2v) is 4.36. The SMILES string of the molecule is Cc1ccc2oc(-c3ccc(C)c(N)c3)nc2n1. The molecule has 0 saturated heterocycles. The number of pyridine rings is 1. The van der Waals surface area contributed by atoms with E-state index in [4.69, 9.17) is 10.2 Å². The van der Waals surface area contributed by atoms with E-state index in [9.17, 15) is 0 Å². The minimum Gasteiger partial charge on any atom is -0.434 e. The summed E-state index contributed by atoms with van der Waals surface area (Å²) in [6.07, 6.45) is 0. The summed E-state index contributed by atoms with van der Waals surface area (Å²) in [5.41, 5.74) is 10.8. The Hall–Kier alpha value is -2.36. The molecule has 0 atom stereocenters. The van der Waals surface area contributed by atoms with Gasteiger partial charge in [0.15, 0.2) is 11.2 Å². The van der Waals surface area contributed by atoms with Crippen LogP contribution in [0.15, 0.2) is 34.7 Å². The van der Waals surface area contributed by atoms with Crippen LogP contribution in [0.4, 0.5) is 5.69 Å². The summed E-state index contributed by atoms with van der Waals surface area (Å²) in [6, 6.07) is 9.56. The number of aromatic nitrogens is 2. The number of oxazole rings is 1. The van der Waals surface area contributed by atoms with Gasteiger partial charge in [0.05, 0.1) is 0 Å². The molecular weight excluding hydrogens is 226 g/mol. The maximum atomic E-state index is 5.89. The van der Waals surface area contributed by atoms with E-state index < -0.39 is 0 Å². The third kappa shape index (κ3) is 1.72. The van der Waals surface area contributed by atoms with Crippen molar-refractivity contribution in [1.82, 2.24) is 9.97 Å². The Kier molecular flexibility index (Phi) is 2.30. The Bertz CT molecular complexity index is 731. The zero-order chi connectivity index (χ0) is 12.7. The minimum absolute atomic E-state index is 0.551. The third-order valence-corrected chi connectivity index (χ3v) is 2.92.